The van der Waals surface area contributed by atoms with Crippen LogP contribution in [0.2, 0.25) is 5.02 Å². The van der Waals surface area contributed by atoms with Crippen LogP contribution in [-0.2, 0) is 4.79 Å². The summed E-state index contributed by atoms with van der Waals surface area (Å²) >= 11 is 7.42. The van der Waals surface area contributed by atoms with E-state index in [1.54, 1.807) is 42.5 Å². The maximum Gasteiger partial charge on any atom is 0.270 e. The van der Waals surface area contributed by atoms with Crippen LogP contribution in [-0.4, -0.2) is 29.5 Å². The molecule has 10 heteroatoms. The standard InChI is InChI=1S/C24H18ClN3O5S/c1-32-21-12-15(7-11-24-27-19-9-8-16(28(30)31)13-22(19)34-24)6-10-20(21)33-14-23(29)26-18-5-3-2-4-17(18)25/h2-13H,14H2,1H3,(H,26,29)/b11-7+. The average Bonchev–Trinajstić information content (AvgIpc) is 3.25. The number of nitrogens with one attached hydrogen (secondary N) is 1. The summed E-state index contributed by atoms with van der Waals surface area (Å²) in [7, 11) is 1.51. The van der Waals surface area contributed by atoms with Crippen molar-refractivity contribution >= 4 is 62.6 Å². The van der Waals surface area contributed by atoms with Gasteiger partial charge in [-0.2, -0.15) is 0 Å². The van der Waals surface area contributed by atoms with Crippen LogP contribution in [0.15, 0.2) is 60.7 Å². The fraction of sp³-hybridized carbons (Fsp3) is 0.0833. The molecule has 1 heterocycles. The molecule has 3 aromatic carbocycles. The van der Waals surface area contributed by atoms with Gasteiger partial charge in [0.05, 0.1) is 33.0 Å². The smallest absolute Gasteiger partial charge is 0.270 e. The summed E-state index contributed by atoms with van der Waals surface area (Å²) in [6, 6.07) is 16.8. The first-order valence-corrected chi connectivity index (χ1v) is 11.2. The van der Waals surface area contributed by atoms with Crippen LogP contribution in [0.1, 0.15) is 10.6 Å². The zero-order chi connectivity index (χ0) is 24.1. The van der Waals surface area contributed by atoms with Crippen molar-refractivity contribution in [3.63, 3.8) is 0 Å². The lowest BCUT2D eigenvalue weighted by Gasteiger charge is -2.12. The van der Waals surface area contributed by atoms with Gasteiger partial charge in [-0.25, -0.2) is 4.98 Å². The average molecular weight is 496 g/mol. The van der Waals surface area contributed by atoms with E-state index in [1.807, 2.05) is 18.2 Å². The zero-order valence-corrected chi connectivity index (χ0v) is 19.4. The molecule has 1 aromatic heterocycles. The number of non-ortho nitro benzene ring substituents is 1. The number of amides is 1. The van der Waals surface area contributed by atoms with E-state index in [0.29, 0.717) is 32.7 Å². The molecule has 1 amide bonds. The van der Waals surface area contributed by atoms with E-state index in [2.05, 4.69) is 10.3 Å². The van der Waals surface area contributed by atoms with Crippen molar-refractivity contribution in [3.05, 3.63) is 86.4 Å². The molecule has 34 heavy (non-hydrogen) atoms. The van der Waals surface area contributed by atoms with Gasteiger partial charge in [0.25, 0.3) is 11.6 Å². The highest BCUT2D eigenvalue weighted by Crippen LogP contribution is 2.30. The van der Waals surface area contributed by atoms with Crippen molar-refractivity contribution in [3.8, 4) is 11.5 Å². The van der Waals surface area contributed by atoms with Crippen molar-refractivity contribution in [2.24, 2.45) is 0 Å². The monoisotopic (exact) mass is 495 g/mol. The molecule has 1 N–H and O–H groups in total. The number of carbonyl (C=O) groups excluding carboxylic acids is 1. The van der Waals surface area contributed by atoms with Gasteiger partial charge < -0.3 is 14.8 Å². The number of thiazole rings is 1. The molecule has 4 rings (SSSR count). The van der Waals surface area contributed by atoms with Crippen molar-refractivity contribution < 1.29 is 19.2 Å². The number of ether oxygens (including phenoxy) is 2. The predicted octanol–water partition coefficient (Wildman–Crippen LogP) is 6.05. The first-order valence-electron chi connectivity index (χ1n) is 10.0. The third-order valence-electron chi connectivity index (χ3n) is 4.71. The second-order valence-corrected chi connectivity index (χ2v) is 8.49. The molecule has 0 radical (unpaired) electrons. The van der Waals surface area contributed by atoms with Gasteiger partial charge in [0, 0.05) is 12.1 Å². The van der Waals surface area contributed by atoms with Crippen LogP contribution in [0.4, 0.5) is 11.4 Å². The number of nitrogens with zero attached hydrogens (tertiary/aromatic N) is 2. The quantitative estimate of drug-likeness (QED) is 0.235. The summed E-state index contributed by atoms with van der Waals surface area (Å²) < 4.78 is 11.8. The van der Waals surface area contributed by atoms with Crippen LogP contribution in [0, 0.1) is 10.1 Å². The molecule has 0 unspecified atom stereocenters. The molecule has 8 nitrogen and oxygen atoms in total. The molecule has 0 aliphatic rings. The van der Waals surface area contributed by atoms with Crippen LogP contribution < -0.4 is 14.8 Å². The molecule has 172 valence electrons. The molecule has 0 aliphatic carbocycles. The summed E-state index contributed by atoms with van der Waals surface area (Å²) in [6.07, 6.45) is 3.67. The molecule has 4 aromatic rings. The third-order valence-corrected chi connectivity index (χ3v) is 6.03. The van der Waals surface area contributed by atoms with Crippen LogP contribution in [0.25, 0.3) is 22.4 Å². The van der Waals surface area contributed by atoms with Crippen molar-refractivity contribution in [1.29, 1.82) is 0 Å². The summed E-state index contributed by atoms with van der Waals surface area (Å²) in [5.41, 5.74) is 2.07. The number of nitro benzene ring substituents is 1. The van der Waals surface area contributed by atoms with Crippen molar-refractivity contribution in [2.75, 3.05) is 19.0 Å². The number of anilines is 1. The van der Waals surface area contributed by atoms with Crippen molar-refractivity contribution in [1.82, 2.24) is 4.98 Å². The Kier molecular flexibility index (Phi) is 7.05. The Morgan fingerprint density at radius 3 is 2.74 bits per heavy atom. The lowest BCUT2D eigenvalue weighted by atomic mass is 10.2. The zero-order valence-electron chi connectivity index (χ0n) is 17.9. The number of aromatic nitrogens is 1. The molecular weight excluding hydrogens is 478 g/mol. The minimum atomic E-state index is -0.426. The predicted molar refractivity (Wildman–Crippen MR) is 134 cm³/mol. The summed E-state index contributed by atoms with van der Waals surface area (Å²) in [6.45, 7) is -0.214. The van der Waals surface area contributed by atoms with E-state index < -0.39 is 4.92 Å². The van der Waals surface area contributed by atoms with Crippen LogP contribution >= 0.6 is 22.9 Å². The number of methoxy groups -OCH3 is 1. The van der Waals surface area contributed by atoms with Gasteiger partial charge in [-0.05, 0) is 42.0 Å². The number of para-hydroxylation sites is 1. The minimum absolute atomic E-state index is 0.0348. The van der Waals surface area contributed by atoms with Crippen LogP contribution in [0.5, 0.6) is 11.5 Å². The Bertz CT molecular complexity index is 1400. The molecule has 0 fully saturated rings. The fourth-order valence-corrected chi connectivity index (χ4v) is 4.17. The number of rotatable bonds is 8. The summed E-state index contributed by atoms with van der Waals surface area (Å²) in [5, 5.41) is 14.8. The molecule has 0 spiro atoms. The Hall–Kier alpha value is -3.95. The maximum atomic E-state index is 12.2. The molecule has 0 bridgehead atoms. The van der Waals surface area contributed by atoms with Gasteiger partial charge in [0.2, 0.25) is 0 Å². The summed E-state index contributed by atoms with van der Waals surface area (Å²) in [5.74, 6) is 0.532. The van der Waals surface area contributed by atoms with Gasteiger partial charge >= 0.3 is 0 Å². The third kappa shape index (κ3) is 5.51. The Balaban J connectivity index is 1.43. The van der Waals surface area contributed by atoms with E-state index in [0.717, 1.165) is 10.3 Å². The molecule has 0 saturated heterocycles. The number of carbonyl (C=O) groups is 1. The maximum absolute atomic E-state index is 12.2. The van der Waals surface area contributed by atoms with Gasteiger partial charge in [0.1, 0.15) is 5.01 Å². The van der Waals surface area contributed by atoms with Gasteiger partial charge in [0.15, 0.2) is 18.1 Å². The first-order chi connectivity index (χ1) is 16.4. The SMILES string of the molecule is COc1cc(/C=C/c2nc3ccc([N+](=O)[O-])cc3s2)ccc1OCC(=O)Nc1ccccc1Cl. The summed E-state index contributed by atoms with van der Waals surface area (Å²) in [4.78, 5) is 27.2. The molecule has 0 atom stereocenters. The highest BCUT2D eigenvalue weighted by molar-refractivity contribution is 7.19. The molecule has 0 aliphatic heterocycles. The Morgan fingerprint density at radius 1 is 1.15 bits per heavy atom. The van der Waals surface area contributed by atoms with E-state index in [4.69, 9.17) is 21.1 Å². The topological polar surface area (TPSA) is 104 Å². The lowest BCUT2D eigenvalue weighted by molar-refractivity contribution is -0.384. The number of fused-ring (bicyclic) bond motifs is 1. The highest BCUT2D eigenvalue weighted by atomic mass is 35.5. The Labute approximate surface area is 203 Å². The first kappa shape index (κ1) is 23.2. The number of nitro groups is 1. The fourth-order valence-electron chi connectivity index (χ4n) is 3.08. The normalized spacial score (nSPS) is 11.0. The van der Waals surface area contributed by atoms with Crippen molar-refractivity contribution in [2.45, 2.75) is 0 Å². The van der Waals surface area contributed by atoms with Gasteiger partial charge in [-0.15, -0.1) is 11.3 Å². The number of halogens is 1. The number of hydrogen-bond acceptors (Lipinski definition) is 7. The molecule has 0 saturated carbocycles. The van der Waals surface area contributed by atoms with Crippen LogP contribution in [0.3, 0.4) is 0 Å². The highest BCUT2D eigenvalue weighted by Gasteiger charge is 2.11. The minimum Gasteiger partial charge on any atom is -0.493 e. The van der Waals surface area contributed by atoms with E-state index >= 15 is 0 Å². The van der Waals surface area contributed by atoms with E-state index in [-0.39, 0.29) is 18.2 Å². The second kappa shape index (κ2) is 10.3. The van der Waals surface area contributed by atoms with Gasteiger partial charge in [-0.1, -0.05) is 35.9 Å². The second-order valence-electron chi connectivity index (χ2n) is 7.02. The van der Waals surface area contributed by atoms with E-state index in [1.165, 1.54) is 30.6 Å². The molecular formula is C24H18ClN3O5S. The number of hydrogen-bond donors (Lipinski definition) is 1. The Morgan fingerprint density at radius 2 is 1.97 bits per heavy atom. The number of benzene rings is 3. The largest absolute Gasteiger partial charge is 0.493 e. The lowest BCUT2D eigenvalue weighted by Crippen LogP contribution is -2.20. The van der Waals surface area contributed by atoms with E-state index in [9.17, 15) is 14.9 Å². The van der Waals surface area contributed by atoms with Gasteiger partial charge in [-0.3, -0.25) is 14.9 Å².